The summed E-state index contributed by atoms with van der Waals surface area (Å²) in [6.07, 6.45) is 5.64. The number of aryl methyl sites for hydroxylation is 2. The molecule has 1 amide bonds. The Balaban J connectivity index is 1.30. The van der Waals surface area contributed by atoms with E-state index in [4.69, 9.17) is 9.47 Å². The molecular formula is C39H41N3O3. The summed E-state index contributed by atoms with van der Waals surface area (Å²) in [7, 11) is 1.69. The summed E-state index contributed by atoms with van der Waals surface area (Å²) in [6.45, 7) is 4.48. The monoisotopic (exact) mass is 599 g/mol. The summed E-state index contributed by atoms with van der Waals surface area (Å²) in [6, 6.07) is 34.6. The van der Waals surface area contributed by atoms with Gasteiger partial charge in [0.25, 0.3) is 5.91 Å². The lowest BCUT2D eigenvalue weighted by Crippen LogP contribution is -2.17. The molecule has 1 fully saturated rings. The van der Waals surface area contributed by atoms with E-state index >= 15 is 0 Å². The van der Waals surface area contributed by atoms with E-state index in [0.29, 0.717) is 12.3 Å². The van der Waals surface area contributed by atoms with Gasteiger partial charge in [-0.05, 0) is 85.2 Å². The molecular weight excluding hydrogens is 558 g/mol. The standard InChI is InChI=1S/C39H41N3O3/c1-4-28-13-8-16-33(24-28)42-36(23-27(2)41-42)39(43)40-32-15-9-14-31(25-32)34(22-21-29-19-20-29)35-17-10-18-37(44-3)38(35)45-26-30-11-6-5-7-12-30/h5-18,23-25,29,34H,4,19-22,26H2,1-3H3,(H,40,43). The summed E-state index contributed by atoms with van der Waals surface area (Å²) in [4.78, 5) is 13.7. The van der Waals surface area contributed by atoms with Crippen LogP contribution in [-0.4, -0.2) is 22.8 Å². The zero-order chi connectivity index (χ0) is 31.2. The average Bonchev–Trinajstić information content (AvgIpc) is 3.82. The average molecular weight is 600 g/mol. The predicted molar refractivity (Wildman–Crippen MR) is 180 cm³/mol. The third-order valence-electron chi connectivity index (χ3n) is 8.57. The smallest absolute Gasteiger partial charge is 0.274 e. The molecule has 6 rings (SSSR count). The van der Waals surface area contributed by atoms with Gasteiger partial charge in [-0.3, -0.25) is 4.79 Å². The molecule has 1 aromatic heterocycles. The molecule has 1 saturated carbocycles. The van der Waals surface area contributed by atoms with E-state index in [-0.39, 0.29) is 11.8 Å². The number of carbonyl (C=O) groups is 1. The number of aromatic nitrogens is 2. The normalized spacial score (nSPS) is 13.3. The molecule has 6 nitrogen and oxygen atoms in total. The van der Waals surface area contributed by atoms with Crippen LogP contribution in [0, 0.1) is 12.8 Å². The van der Waals surface area contributed by atoms with E-state index in [1.54, 1.807) is 11.8 Å². The highest BCUT2D eigenvalue weighted by atomic mass is 16.5. The van der Waals surface area contributed by atoms with Crippen LogP contribution in [0.4, 0.5) is 5.69 Å². The maximum Gasteiger partial charge on any atom is 0.274 e. The maximum absolute atomic E-state index is 13.7. The van der Waals surface area contributed by atoms with Gasteiger partial charge in [-0.2, -0.15) is 5.10 Å². The number of nitrogens with one attached hydrogen (secondary N) is 1. The van der Waals surface area contributed by atoms with Gasteiger partial charge in [0, 0.05) is 17.2 Å². The number of para-hydroxylation sites is 1. The second kappa shape index (κ2) is 13.9. The van der Waals surface area contributed by atoms with E-state index in [2.05, 4.69) is 59.8 Å². The number of carbonyl (C=O) groups excluding carboxylic acids is 1. The van der Waals surface area contributed by atoms with Crippen LogP contribution >= 0.6 is 0 Å². The second-order valence-electron chi connectivity index (χ2n) is 11.9. The lowest BCUT2D eigenvalue weighted by atomic mass is 9.85. The first-order chi connectivity index (χ1) is 22.0. The fraction of sp³-hybridized carbons (Fsp3) is 0.282. The van der Waals surface area contributed by atoms with Gasteiger partial charge in [0.1, 0.15) is 12.3 Å². The van der Waals surface area contributed by atoms with Crippen LogP contribution in [0.5, 0.6) is 11.5 Å². The Morgan fingerprint density at radius 1 is 0.933 bits per heavy atom. The molecule has 0 bridgehead atoms. The summed E-state index contributed by atoms with van der Waals surface area (Å²) in [5.74, 6) is 2.16. The van der Waals surface area contributed by atoms with Gasteiger partial charge < -0.3 is 14.8 Å². The Bertz CT molecular complexity index is 1760. The van der Waals surface area contributed by atoms with Crippen molar-refractivity contribution in [1.82, 2.24) is 9.78 Å². The minimum absolute atomic E-state index is 0.0767. The van der Waals surface area contributed by atoms with Gasteiger partial charge in [0.15, 0.2) is 11.5 Å². The van der Waals surface area contributed by atoms with Crippen LogP contribution in [0.3, 0.4) is 0 Å². The number of hydrogen-bond acceptors (Lipinski definition) is 4. The van der Waals surface area contributed by atoms with Crippen LogP contribution in [0.1, 0.15) is 77.0 Å². The van der Waals surface area contributed by atoms with E-state index in [0.717, 1.165) is 70.4 Å². The van der Waals surface area contributed by atoms with Crippen molar-refractivity contribution in [2.45, 2.75) is 58.5 Å². The summed E-state index contributed by atoms with van der Waals surface area (Å²) in [5.41, 5.74) is 7.44. The molecule has 0 spiro atoms. The van der Waals surface area contributed by atoms with Crippen molar-refractivity contribution < 1.29 is 14.3 Å². The van der Waals surface area contributed by atoms with Crippen LogP contribution in [0.2, 0.25) is 0 Å². The molecule has 0 saturated heterocycles. The quantitative estimate of drug-likeness (QED) is 0.147. The molecule has 1 N–H and O–H groups in total. The molecule has 1 heterocycles. The summed E-state index contributed by atoms with van der Waals surface area (Å²) < 4.78 is 14.0. The molecule has 1 unspecified atom stereocenters. The third-order valence-corrected chi connectivity index (χ3v) is 8.57. The minimum atomic E-state index is -0.197. The van der Waals surface area contributed by atoms with Gasteiger partial charge in [-0.15, -0.1) is 0 Å². The van der Waals surface area contributed by atoms with Crippen molar-refractivity contribution in [3.8, 4) is 17.2 Å². The van der Waals surface area contributed by atoms with Crippen molar-refractivity contribution in [2.75, 3.05) is 12.4 Å². The Kier molecular flexibility index (Phi) is 9.30. The molecule has 1 aliphatic carbocycles. The highest BCUT2D eigenvalue weighted by molar-refractivity contribution is 6.03. The molecule has 1 atom stereocenters. The highest BCUT2D eigenvalue weighted by Crippen LogP contribution is 2.44. The number of ether oxygens (including phenoxy) is 2. The van der Waals surface area contributed by atoms with Crippen molar-refractivity contribution in [1.29, 1.82) is 0 Å². The van der Waals surface area contributed by atoms with E-state index in [9.17, 15) is 4.79 Å². The van der Waals surface area contributed by atoms with Gasteiger partial charge in [0.2, 0.25) is 0 Å². The Hall–Kier alpha value is -4.84. The molecule has 45 heavy (non-hydrogen) atoms. The maximum atomic E-state index is 13.7. The predicted octanol–water partition coefficient (Wildman–Crippen LogP) is 8.91. The zero-order valence-electron chi connectivity index (χ0n) is 26.3. The minimum Gasteiger partial charge on any atom is -0.493 e. The number of methoxy groups -OCH3 is 1. The first-order valence-corrected chi connectivity index (χ1v) is 15.9. The van der Waals surface area contributed by atoms with Crippen molar-refractivity contribution in [2.24, 2.45) is 5.92 Å². The first kappa shape index (κ1) is 30.2. The van der Waals surface area contributed by atoms with E-state index < -0.39 is 0 Å². The van der Waals surface area contributed by atoms with Crippen LogP contribution in [0.15, 0.2) is 103 Å². The number of hydrogen-bond donors (Lipinski definition) is 1. The Labute approximate surface area is 266 Å². The van der Waals surface area contributed by atoms with E-state index in [1.807, 2.05) is 67.6 Å². The van der Waals surface area contributed by atoms with Gasteiger partial charge in [0.05, 0.1) is 18.5 Å². The molecule has 4 aromatic carbocycles. The second-order valence-corrected chi connectivity index (χ2v) is 11.9. The largest absolute Gasteiger partial charge is 0.493 e. The van der Waals surface area contributed by atoms with E-state index in [1.165, 1.54) is 18.4 Å². The first-order valence-electron chi connectivity index (χ1n) is 15.9. The number of nitrogens with zero attached hydrogens (tertiary/aromatic N) is 2. The molecule has 1 aliphatic rings. The zero-order valence-corrected chi connectivity index (χ0v) is 26.3. The number of anilines is 1. The fourth-order valence-electron chi connectivity index (χ4n) is 5.96. The molecule has 0 aliphatic heterocycles. The number of benzene rings is 4. The lowest BCUT2D eigenvalue weighted by Gasteiger charge is -2.23. The van der Waals surface area contributed by atoms with Crippen LogP contribution in [-0.2, 0) is 13.0 Å². The molecule has 6 heteroatoms. The van der Waals surface area contributed by atoms with Crippen LogP contribution in [0.25, 0.3) is 5.69 Å². The lowest BCUT2D eigenvalue weighted by molar-refractivity contribution is 0.101. The third kappa shape index (κ3) is 7.28. The van der Waals surface area contributed by atoms with Gasteiger partial charge in [-0.1, -0.05) is 86.5 Å². The summed E-state index contributed by atoms with van der Waals surface area (Å²) >= 11 is 0. The van der Waals surface area contributed by atoms with Crippen molar-refractivity contribution in [3.05, 3.63) is 137 Å². The molecule has 5 aromatic rings. The van der Waals surface area contributed by atoms with Crippen LogP contribution < -0.4 is 14.8 Å². The molecule has 230 valence electrons. The van der Waals surface area contributed by atoms with Crippen molar-refractivity contribution in [3.63, 3.8) is 0 Å². The summed E-state index contributed by atoms with van der Waals surface area (Å²) in [5, 5.41) is 7.81. The molecule has 0 radical (unpaired) electrons. The highest BCUT2D eigenvalue weighted by Gasteiger charge is 2.27. The van der Waals surface area contributed by atoms with Gasteiger partial charge >= 0.3 is 0 Å². The number of amides is 1. The fourth-order valence-corrected chi connectivity index (χ4v) is 5.96. The SMILES string of the molecule is CCc1cccc(-n2nc(C)cc2C(=O)Nc2cccc(C(CCC3CC3)c3cccc(OC)c3OCc3ccccc3)c2)c1. The van der Waals surface area contributed by atoms with Gasteiger partial charge in [-0.25, -0.2) is 4.68 Å². The Morgan fingerprint density at radius 2 is 1.71 bits per heavy atom. The Morgan fingerprint density at radius 3 is 2.49 bits per heavy atom. The van der Waals surface area contributed by atoms with Crippen molar-refractivity contribution >= 4 is 11.6 Å². The topological polar surface area (TPSA) is 65.4 Å². The number of rotatable bonds is 13.